The van der Waals surface area contributed by atoms with Gasteiger partial charge in [-0.25, -0.2) is 0 Å². The number of phenolic OH excluding ortho intramolecular Hbond substituents is 1. The molecule has 8 heteroatoms. The van der Waals surface area contributed by atoms with E-state index >= 15 is 0 Å². The van der Waals surface area contributed by atoms with Gasteiger partial charge in [-0.1, -0.05) is 149 Å². The molecule has 2 aliphatic carbocycles. The number of hydrogen-bond acceptors (Lipinski definition) is 6. The zero-order chi connectivity index (χ0) is 38.0. The van der Waals surface area contributed by atoms with Crippen molar-refractivity contribution >= 4 is 43.5 Å². The molecule has 0 aromatic heterocycles. The molecule has 278 valence electrons. The monoisotopic (exact) mass is 738 g/mol. The minimum absolute atomic E-state index is 0.00874. The number of Topliss-reactive ketones (excluding diaryl/α,β-unsaturated/α-hetero) is 2. The zero-order valence-corrected chi connectivity index (χ0v) is 32.8. The average molecular weight is 739 g/mol. The molecule has 1 heterocycles. The molecule has 54 heavy (non-hydrogen) atoms. The van der Waals surface area contributed by atoms with Crippen LogP contribution in [-0.4, -0.2) is 49.8 Å². The summed E-state index contributed by atoms with van der Waals surface area (Å²) in [5.74, 6) is -1.28. The van der Waals surface area contributed by atoms with E-state index < -0.39 is 33.4 Å². The Morgan fingerprint density at radius 3 is 2.04 bits per heavy atom. The lowest BCUT2D eigenvalue weighted by Gasteiger charge is -2.48. The number of allylic oxidation sites excluding steroid dienone is 1. The summed E-state index contributed by atoms with van der Waals surface area (Å²) < 4.78 is 14.0. The fourth-order valence-corrected chi connectivity index (χ4v) is 14.0. The molecule has 0 saturated carbocycles. The summed E-state index contributed by atoms with van der Waals surface area (Å²) in [5, 5.41) is 24.0. The number of ketones is 2. The Morgan fingerprint density at radius 2 is 1.43 bits per heavy atom. The maximum Gasteiger partial charge on any atom is 0.455 e. The van der Waals surface area contributed by atoms with Crippen LogP contribution < -0.4 is 10.4 Å². The number of phenols is 1. The minimum atomic E-state index is -2.96. The number of carbonyl (C=O) groups is 2. The molecule has 1 fully saturated rings. The van der Waals surface area contributed by atoms with Crippen LogP contribution in [0.5, 0.6) is 5.75 Å². The van der Waals surface area contributed by atoms with Crippen LogP contribution in [0.15, 0.2) is 126 Å². The van der Waals surface area contributed by atoms with Crippen LogP contribution in [0.25, 0.3) is 6.08 Å². The highest BCUT2D eigenvalue weighted by Crippen LogP contribution is 2.51. The van der Waals surface area contributed by atoms with E-state index in [9.17, 15) is 19.7 Å². The molecule has 0 spiro atoms. The van der Waals surface area contributed by atoms with Gasteiger partial charge in [0.25, 0.3) is 8.32 Å². The Morgan fingerprint density at radius 1 is 0.833 bits per heavy atom. The Balaban J connectivity index is 1.33. The van der Waals surface area contributed by atoms with Crippen molar-refractivity contribution in [2.75, 3.05) is 6.61 Å². The Hall–Kier alpha value is -4.34. The molecule has 0 radical (unpaired) electrons. The average Bonchev–Trinajstić information content (AvgIpc) is 3.17. The summed E-state index contributed by atoms with van der Waals surface area (Å²) in [5.41, 5.74) is 4.93. The molecule has 4 aromatic carbocycles. The topological polar surface area (TPSA) is 93.1 Å². The molecule has 0 amide bonds. The van der Waals surface area contributed by atoms with Gasteiger partial charge in [-0.3, -0.25) is 9.59 Å². The molecule has 4 aromatic rings. The molecular formula is C46H51BO6Si. The quantitative estimate of drug-likeness (QED) is 0.119. The van der Waals surface area contributed by atoms with Gasteiger partial charge in [0.1, 0.15) is 5.75 Å². The van der Waals surface area contributed by atoms with Crippen LogP contribution in [0.2, 0.25) is 11.4 Å². The molecule has 4 atom stereocenters. The number of hydrogen-bond donors (Lipinski definition) is 2. The standard InChI is InChI=1S/C46H51BO6Si/c1-5-16-31(27-32-17-12-15-24-40(32)48)25-26-41-42-33(30-52-54(46(2,3)4,34-18-8-6-9-19-34)35-20-10-7-11-21-35)28-38-43(39(42)29-47(51)53-41)45(50)37-23-14-13-22-36(37)44(38)49/h6-15,17-24,27,38-39,41,43,48,51H,5,16,25-26,28-30H2,1-4H3/b31-27+/t38-,39+,41-,43-/m1/s1. The van der Waals surface area contributed by atoms with Gasteiger partial charge in [-0.15, -0.1) is 0 Å². The number of rotatable bonds is 11. The van der Waals surface area contributed by atoms with Crippen LogP contribution in [-0.2, 0) is 9.08 Å². The smallest absolute Gasteiger partial charge is 0.455 e. The number of benzene rings is 4. The van der Waals surface area contributed by atoms with Crippen molar-refractivity contribution in [1.29, 1.82) is 0 Å². The van der Waals surface area contributed by atoms with E-state index in [1.54, 1.807) is 18.2 Å². The normalized spacial score (nSPS) is 21.8. The SMILES string of the molecule is CCC/C(=C\c1ccccc1O)CC[C@H]1OB(O)C[C@H]2C1=C(CO[Si](c1ccccc1)(c1ccccc1)C(C)(C)C)C[C@H]1C(=O)c3ccccc3C(=O)[C@H]12. The van der Waals surface area contributed by atoms with Crippen LogP contribution >= 0.6 is 0 Å². The molecular weight excluding hydrogens is 687 g/mol. The lowest BCUT2D eigenvalue weighted by molar-refractivity contribution is 0.0591. The van der Waals surface area contributed by atoms with E-state index in [4.69, 9.17) is 9.08 Å². The van der Waals surface area contributed by atoms with Crippen LogP contribution in [0.1, 0.15) is 86.1 Å². The number of para-hydroxylation sites is 1. The fourth-order valence-electron chi connectivity index (χ4n) is 9.49. The van der Waals surface area contributed by atoms with Gasteiger partial charge in [-0.2, -0.15) is 0 Å². The van der Waals surface area contributed by atoms with Gasteiger partial charge >= 0.3 is 7.12 Å². The molecule has 2 N–H and O–H groups in total. The van der Waals surface area contributed by atoms with Crippen molar-refractivity contribution in [1.82, 2.24) is 0 Å². The van der Waals surface area contributed by atoms with E-state index in [1.165, 1.54) is 15.9 Å². The zero-order valence-electron chi connectivity index (χ0n) is 31.8. The summed E-state index contributed by atoms with van der Waals surface area (Å²) in [6.45, 7) is 9.20. The van der Waals surface area contributed by atoms with Gasteiger partial charge in [0.05, 0.1) is 12.7 Å². The van der Waals surface area contributed by atoms with Crippen molar-refractivity contribution in [3.05, 3.63) is 143 Å². The largest absolute Gasteiger partial charge is 0.507 e. The van der Waals surface area contributed by atoms with E-state index in [0.29, 0.717) is 30.4 Å². The number of fused-ring (bicyclic) bond motifs is 4. The highest BCUT2D eigenvalue weighted by Gasteiger charge is 2.55. The van der Waals surface area contributed by atoms with E-state index in [-0.39, 0.29) is 41.2 Å². The third-order valence-electron chi connectivity index (χ3n) is 11.8. The second kappa shape index (κ2) is 15.8. The lowest BCUT2D eigenvalue weighted by Crippen LogP contribution is -2.66. The first-order chi connectivity index (χ1) is 26.0. The highest BCUT2D eigenvalue weighted by molar-refractivity contribution is 6.99. The number of aromatic hydroxyl groups is 1. The molecule has 0 bridgehead atoms. The first-order valence-corrected chi connectivity index (χ1v) is 21.4. The predicted molar refractivity (Wildman–Crippen MR) is 219 cm³/mol. The summed E-state index contributed by atoms with van der Waals surface area (Å²) in [4.78, 5) is 28.8. The fraction of sp³-hybridized carbons (Fsp3) is 0.348. The summed E-state index contributed by atoms with van der Waals surface area (Å²) in [7, 11) is -4.03. The minimum Gasteiger partial charge on any atom is -0.507 e. The molecule has 0 unspecified atom stereocenters. The van der Waals surface area contributed by atoms with E-state index in [1.807, 2.05) is 42.5 Å². The van der Waals surface area contributed by atoms with Crippen LogP contribution in [0.3, 0.4) is 0 Å². The van der Waals surface area contributed by atoms with Gasteiger partial charge < -0.3 is 19.2 Å². The first kappa shape index (κ1) is 38.0. The predicted octanol–water partition coefficient (Wildman–Crippen LogP) is 8.44. The molecule has 3 aliphatic rings. The lowest BCUT2D eigenvalue weighted by atomic mass is 9.54. The Labute approximate surface area is 321 Å². The summed E-state index contributed by atoms with van der Waals surface area (Å²) in [6.07, 6.45) is 5.30. The van der Waals surface area contributed by atoms with Crippen molar-refractivity contribution in [3.8, 4) is 5.75 Å². The molecule has 1 aliphatic heterocycles. The maximum atomic E-state index is 14.4. The van der Waals surface area contributed by atoms with Crippen LogP contribution in [0, 0.1) is 17.8 Å². The van der Waals surface area contributed by atoms with Crippen molar-refractivity contribution in [2.45, 2.75) is 77.3 Å². The Kier molecular flexibility index (Phi) is 11.1. The first-order valence-electron chi connectivity index (χ1n) is 19.5. The second-order valence-corrected chi connectivity index (χ2v) is 20.5. The van der Waals surface area contributed by atoms with Crippen molar-refractivity contribution in [3.63, 3.8) is 0 Å². The molecule has 1 saturated heterocycles. The summed E-state index contributed by atoms with van der Waals surface area (Å²) in [6, 6.07) is 35.6. The third-order valence-corrected chi connectivity index (χ3v) is 16.8. The van der Waals surface area contributed by atoms with Crippen molar-refractivity contribution in [2.24, 2.45) is 17.8 Å². The summed E-state index contributed by atoms with van der Waals surface area (Å²) >= 11 is 0. The molecule has 7 rings (SSSR count). The highest BCUT2D eigenvalue weighted by atomic mass is 28.4. The second-order valence-electron chi connectivity index (χ2n) is 16.2. The van der Waals surface area contributed by atoms with Gasteiger partial charge in [0.2, 0.25) is 0 Å². The molecule has 6 nitrogen and oxygen atoms in total. The van der Waals surface area contributed by atoms with Crippen molar-refractivity contribution < 1.29 is 28.8 Å². The van der Waals surface area contributed by atoms with E-state index in [2.05, 4.69) is 82.3 Å². The van der Waals surface area contributed by atoms with Gasteiger partial charge in [0.15, 0.2) is 11.6 Å². The van der Waals surface area contributed by atoms with Crippen LogP contribution in [0.4, 0.5) is 0 Å². The maximum absolute atomic E-state index is 14.4. The number of carbonyl (C=O) groups excluding carboxylic acids is 2. The Bertz CT molecular complexity index is 2010. The van der Waals surface area contributed by atoms with E-state index in [0.717, 1.165) is 29.6 Å². The third kappa shape index (κ3) is 7.13. The van der Waals surface area contributed by atoms with Gasteiger partial charge in [0, 0.05) is 28.5 Å². The van der Waals surface area contributed by atoms with Gasteiger partial charge in [-0.05, 0) is 70.5 Å².